The summed E-state index contributed by atoms with van der Waals surface area (Å²) < 4.78 is 0. The maximum atomic E-state index is 11.5. The third-order valence-corrected chi connectivity index (χ3v) is 3.32. The van der Waals surface area contributed by atoms with Gasteiger partial charge >= 0.3 is 0 Å². The third kappa shape index (κ3) is 0.943. The zero-order valence-electron chi connectivity index (χ0n) is 7.77. The fourth-order valence-electron chi connectivity index (χ4n) is 1.60. The van der Waals surface area contributed by atoms with Crippen LogP contribution in [0.4, 0.5) is 0 Å². The standard InChI is InChI=1S/C10H16O/c1-5-10(4)8(11)6-7-9(10,2)3/h6-7H,5H2,1-4H3. The Morgan fingerprint density at radius 1 is 1.36 bits per heavy atom. The Hall–Kier alpha value is -0.590. The monoisotopic (exact) mass is 152 g/mol. The summed E-state index contributed by atoms with van der Waals surface area (Å²) in [5.74, 6) is 0.282. The van der Waals surface area contributed by atoms with Crippen LogP contribution in [0.2, 0.25) is 0 Å². The molecule has 11 heavy (non-hydrogen) atoms. The van der Waals surface area contributed by atoms with E-state index < -0.39 is 0 Å². The van der Waals surface area contributed by atoms with E-state index in [-0.39, 0.29) is 16.6 Å². The zero-order valence-corrected chi connectivity index (χ0v) is 7.77. The summed E-state index contributed by atoms with van der Waals surface area (Å²) in [6.45, 7) is 8.37. The Bertz CT molecular complexity index is 213. The van der Waals surface area contributed by atoms with Crippen LogP contribution in [0, 0.1) is 10.8 Å². The van der Waals surface area contributed by atoms with Gasteiger partial charge < -0.3 is 0 Å². The lowest BCUT2D eigenvalue weighted by Crippen LogP contribution is -2.35. The van der Waals surface area contributed by atoms with Crippen molar-refractivity contribution in [3.8, 4) is 0 Å². The number of carbonyl (C=O) groups excluding carboxylic acids is 1. The molecular weight excluding hydrogens is 136 g/mol. The lowest BCUT2D eigenvalue weighted by atomic mass is 9.67. The van der Waals surface area contributed by atoms with Gasteiger partial charge in [-0.2, -0.15) is 0 Å². The summed E-state index contributed by atoms with van der Waals surface area (Å²) in [6.07, 6.45) is 4.67. The highest BCUT2D eigenvalue weighted by Gasteiger charge is 2.46. The molecule has 0 fully saturated rings. The predicted octanol–water partition coefficient (Wildman–Crippen LogP) is 2.57. The summed E-state index contributed by atoms with van der Waals surface area (Å²) in [7, 11) is 0. The number of ketones is 1. The van der Waals surface area contributed by atoms with E-state index in [4.69, 9.17) is 0 Å². The molecule has 62 valence electrons. The molecule has 0 N–H and O–H groups in total. The third-order valence-electron chi connectivity index (χ3n) is 3.32. The largest absolute Gasteiger partial charge is 0.294 e. The molecule has 0 amide bonds. The van der Waals surface area contributed by atoms with Gasteiger partial charge in [0.15, 0.2) is 5.78 Å². The van der Waals surface area contributed by atoms with Crippen molar-refractivity contribution >= 4 is 5.78 Å². The lowest BCUT2D eigenvalue weighted by Gasteiger charge is -2.35. The van der Waals surface area contributed by atoms with Gasteiger partial charge in [-0.1, -0.05) is 33.8 Å². The molecule has 1 aliphatic rings. The first-order valence-electron chi connectivity index (χ1n) is 4.18. The van der Waals surface area contributed by atoms with Gasteiger partial charge in [0.1, 0.15) is 0 Å². The molecule has 0 spiro atoms. The van der Waals surface area contributed by atoms with Crippen molar-refractivity contribution < 1.29 is 4.79 Å². The number of hydrogen-bond acceptors (Lipinski definition) is 1. The summed E-state index contributed by atoms with van der Waals surface area (Å²) in [5.41, 5.74) is -0.119. The van der Waals surface area contributed by atoms with Crippen LogP contribution in [0.15, 0.2) is 12.2 Å². The van der Waals surface area contributed by atoms with Gasteiger partial charge in [0.2, 0.25) is 0 Å². The van der Waals surface area contributed by atoms with Gasteiger partial charge in [0.05, 0.1) is 0 Å². The maximum absolute atomic E-state index is 11.5. The van der Waals surface area contributed by atoms with Gasteiger partial charge in [0.25, 0.3) is 0 Å². The van der Waals surface area contributed by atoms with Crippen molar-refractivity contribution in [1.82, 2.24) is 0 Å². The van der Waals surface area contributed by atoms with Gasteiger partial charge in [-0.15, -0.1) is 0 Å². The van der Waals surface area contributed by atoms with E-state index >= 15 is 0 Å². The van der Waals surface area contributed by atoms with Gasteiger partial charge in [-0.05, 0) is 17.9 Å². The van der Waals surface area contributed by atoms with Crippen LogP contribution in [-0.4, -0.2) is 5.78 Å². The molecular formula is C10H16O. The van der Waals surface area contributed by atoms with Crippen LogP contribution < -0.4 is 0 Å². The van der Waals surface area contributed by atoms with Crippen LogP contribution in [0.25, 0.3) is 0 Å². The quantitative estimate of drug-likeness (QED) is 0.564. The van der Waals surface area contributed by atoms with E-state index in [1.807, 2.05) is 6.08 Å². The minimum Gasteiger partial charge on any atom is -0.294 e. The first-order valence-corrected chi connectivity index (χ1v) is 4.18. The Balaban J connectivity index is 3.05. The van der Waals surface area contributed by atoms with Crippen molar-refractivity contribution in [3.05, 3.63) is 12.2 Å². The molecule has 0 radical (unpaired) electrons. The van der Waals surface area contributed by atoms with E-state index in [0.29, 0.717) is 0 Å². The van der Waals surface area contributed by atoms with Crippen LogP contribution >= 0.6 is 0 Å². The second-order valence-electron chi connectivity index (χ2n) is 4.10. The fourth-order valence-corrected chi connectivity index (χ4v) is 1.60. The summed E-state index contributed by atoms with van der Waals surface area (Å²) in [4.78, 5) is 11.5. The molecule has 1 nitrogen and oxygen atoms in total. The van der Waals surface area contributed by atoms with E-state index in [1.165, 1.54) is 0 Å². The Kier molecular flexibility index (Phi) is 1.70. The van der Waals surface area contributed by atoms with E-state index in [9.17, 15) is 4.79 Å². The molecule has 0 bridgehead atoms. The second kappa shape index (κ2) is 2.20. The maximum Gasteiger partial charge on any atom is 0.162 e. The molecule has 1 aliphatic carbocycles. The summed E-state index contributed by atoms with van der Waals surface area (Å²) in [5, 5.41) is 0. The van der Waals surface area contributed by atoms with Gasteiger partial charge in [-0.25, -0.2) is 0 Å². The molecule has 0 aliphatic heterocycles. The highest BCUT2D eigenvalue weighted by Crippen LogP contribution is 2.47. The van der Waals surface area contributed by atoms with E-state index in [0.717, 1.165) is 6.42 Å². The van der Waals surface area contributed by atoms with E-state index in [1.54, 1.807) is 6.08 Å². The number of allylic oxidation sites excluding steroid dienone is 2. The van der Waals surface area contributed by atoms with Crippen molar-refractivity contribution in [3.63, 3.8) is 0 Å². The molecule has 0 aromatic heterocycles. The van der Waals surface area contributed by atoms with Crippen molar-refractivity contribution in [2.24, 2.45) is 10.8 Å². The fraction of sp³-hybridized carbons (Fsp3) is 0.700. The smallest absolute Gasteiger partial charge is 0.162 e. The van der Waals surface area contributed by atoms with E-state index in [2.05, 4.69) is 27.7 Å². The Morgan fingerprint density at radius 3 is 2.09 bits per heavy atom. The van der Waals surface area contributed by atoms with Crippen LogP contribution in [-0.2, 0) is 4.79 Å². The van der Waals surface area contributed by atoms with Crippen molar-refractivity contribution in [1.29, 1.82) is 0 Å². The highest BCUT2D eigenvalue weighted by atomic mass is 16.1. The van der Waals surface area contributed by atoms with Crippen molar-refractivity contribution in [2.45, 2.75) is 34.1 Å². The SMILES string of the molecule is CCC1(C)C(=O)C=CC1(C)C. The van der Waals surface area contributed by atoms with Gasteiger partial charge in [-0.3, -0.25) is 4.79 Å². The average Bonchev–Trinajstić information content (AvgIpc) is 2.15. The Morgan fingerprint density at radius 2 is 1.91 bits per heavy atom. The van der Waals surface area contributed by atoms with Crippen LogP contribution in [0.5, 0.6) is 0 Å². The summed E-state index contributed by atoms with van der Waals surface area (Å²) in [6, 6.07) is 0. The first kappa shape index (κ1) is 8.51. The molecule has 0 aromatic carbocycles. The number of carbonyl (C=O) groups is 1. The minimum atomic E-state index is -0.160. The van der Waals surface area contributed by atoms with Crippen LogP contribution in [0.1, 0.15) is 34.1 Å². The first-order chi connectivity index (χ1) is 4.94. The minimum absolute atomic E-state index is 0.0405. The number of hydrogen-bond donors (Lipinski definition) is 0. The summed E-state index contributed by atoms with van der Waals surface area (Å²) >= 11 is 0. The molecule has 1 atom stereocenters. The molecule has 0 heterocycles. The van der Waals surface area contributed by atoms with Crippen molar-refractivity contribution in [2.75, 3.05) is 0 Å². The molecule has 1 unspecified atom stereocenters. The molecule has 1 rings (SSSR count). The predicted molar refractivity (Wildman–Crippen MR) is 46.3 cm³/mol. The second-order valence-corrected chi connectivity index (χ2v) is 4.10. The van der Waals surface area contributed by atoms with Gasteiger partial charge in [0, 0.05) is 5.41 Å². The highest BCUT2D eigenvalue weighted by molar-refractivity contribution is 5.98. The number of rotatable bonds is 1. The Labute approximate surface area is 68.5 Å². The molecule has 1 heteroatoms. The zero-order chi connectivity index (χ0) is 8.70. The molecule has 0 aromatic rings. The lowest BCUT2D eigenvalue weighted by molar-refractivity contribution is -0.125. The average molecular weight is 152 g/mol. The normalized spacial score (nSPS) is 34.7. The molecule has 0 saturated heterocycles. The van der Waals surface area contributed by atoms with Crippen LogP contribution in [0.3, 0.4) is 0 Å². The molecule has 0 saturated carbocycles. The topological polar surface area (TPSA) is 17.1 Å².